The highest BCUT2D eigenvalue weighted by Crippen LogP contribution is 2.33. The van der Waals surface area contributed by atoms with Crippen LogP contribution in [0.1, 0.15) is 23.2 Å². The van der Waals surface area contributed by atoms with E-state index in [1.807, 2.05) is 0 Å². The van der Waals surface area contributed by atoms with Gasteiger partial charge >= 0.3 is 5.97 Å². The summed E-state index contributed by atoms with van der Waals surface area (Å²) in [5, 5.41) is 8.66. The first-order valence-electron chi connectivity index (χ1n) is 6.34. The fourth-order valence-corrected chi connectivity index (χ4v) is 4.95. The summed E-state index contributed by atoms with van der Waals surface area (Å²) < 4.78 is 30.1. The predicted octanol–water partition coefficient (Wildman–Crippen LogP) is 2.89. The summed E-state index contributed by atoms with van der Waals surface area (Å²) in [4.78, 5) is 10.9. The molecule has 1 fully saturated rings. The maximum absolute atomic E-state index is 12.4. The molecule has 0 aromatic heterocycles. The molecule has 1 aliphatic heterocycles. The molecule has 0 spiro atoms. The zero-order valence-electron chi connectivity index (χ0n) is 11.0. The first kappa shape index (κ1) is 16.5. The van der Waals surface area contributed by atoms with Crippen molar-refractivity contribution in [1.82, 2.24) is 0 Å². The van der Waals surface area contributed by atoms with E-state index in [9.17, 15) is 13.2 Å². The third-order valence-electron chi connectivity index (χ3n) is 3.40. The van der Waals surface area contributed by atoms with E-state index in [2.05, 4.69) is 0 Å². The maximum atomic E-state index is 12.4. The quantitative estimate of drug-likeness (QED) is 0.900. The van der Waals surface area contributed by atoms with E-state index in [-0.39, 0.29) is 32.2 Å². The molecule has 1 aromatic rings. The van der Waals surface area contributed by atoms with Gasteiger partial charge in [0.2, 0.25) is 0 Å². The number of carbonyl (C=O) groups is 1. The van der Waals surface area contributed by atoms with Crippen LogP contribution in [-0.2, 0) is 14.6 Å². The Kier molecular flexibility index (Phi) is 5.14. The fraction of sp³-hybridized carbons (Fsp3) is 0.462. The summed E-state index contributed by atoms with van der Waals surface area (Å²) in [6.45, 7) is 1.07. The molecule has 0 bridgehead atoms. The third kappa shape index (κ3) is 3.69. The Morgan fingerprint density at radius 1 is 1.29 bits per heavy atom. The molecule has 116 valence electrons. The van der Waals surface area contributed by atoms with Crippen LogP contribution in [0.25, 0.3) is 0 Å². The van der Waals surface area contributed by atoms with Gasteiger partial charge < -0.3 is 9.84 Å². The van der Waals surface area contributed by atoms with Gasteiger partial charge in [-0.15, -0.1) is 0 Å². The van der Waals surface area contributed by atoms with Crippen LogP contribution in [-0.4, -0.2) is 38.5 Å². The van der Waals surface area contributed by atoms with E-state index in [1.54, 1.807) is 0 Å². The second-order valence-electron chi connectivity index (χ2n) is 4.88. The standard InChI is InChI=1S/C13H14Cl2O5S/c14-9-1-2-10(12(15)11(9)13(16)17)21(18,19)7-8-3-5-20-6-4-8/h1-2,8H,3-7H2,(H,16,17). The minimum absolute atomic E-state index is 0.0104. The summed E-state index contributed by atoms with van der Waals surface area (Å²) in [5.41, 5.74) is -0.383. The average molecular weight is 353 g/mol. The maximum Gasteiger partial charge on any atom is 0.338 e. The monoisotopic (exact) mass is 352 g/mol. The Morgan fingerprint density at radius 3 is 2.48 bits per heavy atom. The number of aromatic carboxylic acids is 1. The number of carboxylic acids is 1. The minimum Gasteiger partial charge on any atom is -0.478 e. The van der Waals surface area contributed by atoms with Crippen molar-refractivity contribution >= 4 is 39.0 Å². The Morgan fingerprint density at radius 2 is 1.90 bits per heavy atom. The van der Waals surface area contributed by atoms with Crippen LogP contribution in [0.5, 0.6) is 0 Å². The number of halogens is 2. The van der Waals surface area contributed by atoms with E-state index >= 15 is 0 Å². The Labute approximate surface area is 132 Å². The van der Waals surface area contributed by atoms with Gasteiger partial charge in [0.15, 0.2) is 9.84 Å². The molecule has 0 unspecified atom stereocenters. The smallest absolute Gasteiger partial charge is 0.338 e. The van der Waals surface area contributed by atoms with E-state index in [0.717, 1.165) is 0 Å². The molecule has 1 N–H and O–H groups in total. The van der Waals surface area contributed by atoms with Gasteiger partial charge in [0.25, 0.3) is 0 Å². The molecule has 2 rings (SSSR count). The number of carboxylic acid groups (broad SMARTS) is 1. The van der Waals surface area contributed by atoms with Gasteiger partial charge in [-0.1, -0.05) is 23.2 Å². The molecule has 8 heteroatoms. The van der Waals surface area contributed by atoms with Crippen LogP contribution in [0.15, 0.2) is 17.0 Å². The summed E-state index contributed by atoms with van der Waals surface area (Å²) in [6.07, 6.45) is 1.33. The van der Waals surface area contributed by atoms with Gasteiger partial charge in [0, 0.05) is 13.2 Å². The first-order valence-corrected chi connectivity index (χ1v) is 8.75. The Bertz CT molecular complexity index is 651. The molecule has 5 nitrogen and oxygen atoms in total. The number of benzene rings is 1. The molecule has 0 saturated carbocycles. The van der Waals surface area contributed by atoms with E-state index in [0.29, 0.717) is 26.1 Å². The lowest BCUT2D eigenvalue weighted by Gasteiger charge is -2.22. The number of sulfone groups is 1. The van der Waals surface area contributed by atoms with Gasteiger partial charge in [-0.05, 0) is 30.9 Å². The minimum atomic E-state index is -3.67. The summed E-state index contributed by atoms with van der Waals surface area (Å²) in [6, 6.07) is 2.50. The topological polar surface area (TPSA) is 80.7 Å². The van der Waals surface area contributed by atoms with Crippen molar-refractivity contribution in [3.8, 4) is 0 Å². The molecule has 1 heterocycles. The van der Waals surface area contributed by atoms with E-state index < -0.39 is 15.8 Å². The van der Waals surface area contributed by atoms with Crippen LogP contribution < -0.4 is 0 Å². The van der Waals surface area contributed by atoms with E-state index in [1.165, 1.54) is 12.1 Å². The van der Waals surface area contributed by atoms with Crippen molar-refractivity contribution in [2.75, 3.05) is 19.0 Å². The van der Waals surface area contributed by atoms with Crippen LogP contribution in [0, 0.1) is 5.92 Å². The van der Waals surface area contributed by atoms with Crippen molar-refractivity contribution in [3.63, 3.8) is 0 Å². The number of hydrogen-bond donors (Lipinski definition) is 1. The molecule has 0 aliphatic carbocycles. The third-order valence-corrected chi connectivity index (χ3v) is 6.14. The normalized spacial score (nSPS) is 16.9. The van der Waals surface area contributed by atoms with E-state index in [4.69, 9.17) is 33.0 Å². The van der Waals surface area contributed by atoms with Gasteiger partial charge in [-0.25, -0.2) is 13.2 Å². The van der Waals surface area contributed by atoms with Crippen molar-refractivity contribution in [2.24, 2.45) is 5.92 Å². The number of ether oxygens (including phenoxy) is 1. The molecule has 0 radical (unpaired) electrons. The fourth-order valence-electron chi connectivity index (χ4n) is 2.28. The second-order valence-corrected chi connectivity index (χ2v) is 7.66. The van der Waals surface area contributed by atoms with Crippen LogP contribution in [0.3, 0.4) is 0 Å². The lowest BCUT2D eigenvalue weighted by molar-refractivity contribution is 0.0697. The molecule has 0 amide bonds. The largest absolute Gasteiger partial charge is 0.478 e. The van der Waals surface area contributed by atoms with Crippen molar-refractivity contribution in [2.45, 2.75) is 17.7 Å². The summed E-state index contributed by atoms with van der Waals surface area (Å²) in [7, 11) is -3.67. The van der Waals surface area contributed by atoms with Gasteiger partial charge in [-0.3, -0.25) is 0 Å². The molecular formula is C13H14Cl2O5S. The van der Waals surface area contributed by atoms with Gasteiger partial charge in [0.05, 0.1) is 26.3 Å². The second kappa shape index (κ2) is 6.52. The zero-order valence-corrected chi connectivity index (χ0v) is 13.3. The Hall–Kier alpha value is -0.820. The van der Waals surface area contributed by atoms with Gasteiger partial charge in [-0.2, -0.15) is 0 Å². The summed E-state index contributed by atoms with van der Waals surface area (Å²) in [5.74, 6) is -1.44. The lowest BCUT2D eigenvalue weighted by Crippen LogP contribution is -2.24. The Balaban J connectivity index is 2.36. The number of hydrogen-bond acceptors (Lipinski definition) is 4. The molecule has 1 aliphatic rings. The summed E-state index contributed by atoms with van der Waals surface area (Å²) >= 11 is 11.7. The number of rotatable bonds is 4. The van der Waals surface area contributed by atoms with Crippen molar-refractivity contribution < 1.29 is 23.1 Å². The molecule has 0 atom stereocenters. The zero-order chi connectivity index (χ0) is 15.6. The van der Waals surface area contributed by atoms with Crippen molar-refractivity contribution in [3.05, 3.63) is 27.7 Å². The van der Waals surface area contributed by atoms with Crippen LogP contribution in [0.2, 0.25) is 10.0 Å². The molecule has 1 aromatic carbocycles. The first-order chi connectivity index (χ1) is 9.83. The predicted molar refractivity (Wildman–Crippen MR) is 79.0 cm³/mol. The van der Waals surface area contributed by atoms with Crippen molar-refractivity contribution in [1.29, 1.82) is 0 Å². The van der Waals surface area contributed by atoms with Crippen LogP contribution >= 0.6 is 23.2 Å². The highest BCUT2D eigenvalue weighted by Gasteiger charge is 2.28. The lowest BCUT2D eigenvalue weighted by atomic mass is 10.0. The molecular weight excluding hydrogens is 339 g/mol. The highest BCUT2D eigenvalue weighted by atomic mass is 35.5. The average Bonchev–Trinajstić information content (AvgIpc) is 2.38. The SMILES string of the molecule is O=C(O)c1c(Cl)ccc(S(=O)(=O)CC2CCOCC2)c1Cl. The van der Waals surface area contributed by atoms with Crippen LogP contribution in [0.4, 0.5) is 0 Å². The molecule has 1 saturated heterocycles. The van der Waals surface area contributed by atoms with Gasteiger partial charge in [0.1, 0.15) is 0 Å². The molecule has 21 heavy (non-hydrogen) atoms. The highest BCUT2D eigenvalue weighted by molar-refractivity contribution is 7.91.